The molecule has 128 valence electrons. The molecular weight excluding hydrogens is 302 g/mol. The van der Waals surface area contributed by atoms with E-state index in [0.717, 1.165) is 24.0 Å². The first-order valence-corrected chi connectivity index (χ1v) is 8.23. The van der Waals surface area contributed by atoms with Crippen LogP contribution in [0.5, 0.6) is 5.75 Å². The molecule has 1 heterocycles. The lowest BCUT2D eigenvalue weighted by molar-refractivity contribution is 0.158. The monoisotopic (exact) mass is 327 g/mol. The van der Waals surface area contributed by atoms with E-state index in [0.29, 0.717) is 24.4 Å². The SMILES string of the molecule is C=CCN(C)Cc1ccc(OC(=O)N(CC)CC)c2ncccc12. The second-order valence-corrected chi connectivity index (χ2v) is 5.65. The van der Waals surface area contributed by atoms with Crippen LogP contribution >= 0.6 is 0 Å². The lowest BCUT2D eigenvalue weighted by Crippen LogP contribution is -2.33. The van der Waals surface area contributed by atoms with Crippen LogP contribution in [0.15, 0.2) is 43.1 Å². The number of likely N-dealkylation sites (N-methyl/N-ethyl adjacent to an activating group) is 1. The lowest BCUT2D eigenvalue weighted by Gasteiger charge is -2.19. The first-order chi connectivity index (χ1) is 11.6. The topological polar surface area (TPSA) is 45.7 Å². The Balaban J connectivity index is 2.33. The first-order valence-electron chi connectivity index (χ1n) is 8.23. The minimum absolute atomic E-state index is 0.344. The van der Waals surface area contributed by atoms with Gasteiger partial charge in [-0.2, -0.15) is 0 Å². The van der Waals surface area contributed by atoms with E-state index in [1.54, 1.807) is 11.1 Å². The lowest BCUT2D eigenvalue weighted by atomic mass is 10.1. The van der Waals surface area contributed by atoms with Gasteiger partial charge in [-0.1, -0.05) is 18.2 Å². The van der Waals surface area contributed by atoms with Crippen molar-refractivity contribution in [1.82, 2.24) is 14.8 Å². The van der Waals surface area contributed by atoms with Crippen LogP contribution in [0.2, 0.25) is 0 Å². The molecule has 24 heavy (non-hydrogen) atoms. The number of fused-ring (bicyclic) bond motifs is 1. The number of carbonyl (C=O) groups is 1. The third-order valence-electron chi connectivity index (χ3n) is 3.92. The van der Waals surface area contributed by atoms with Gasteiger partial charge < -0.3 is 9.64 Å². The summed E-state index contributed by atoms with van der Waals surface area (Å²) in [6.07, 6.45) is 3.25. The van der Waals surface area contributed by atoms with Gasteiger partial charge in [0.2, 0.25) is 0 Å². The molecule has 0 aliphatic heterocycles. The molecule has 0 N–H and O–H groups in total. The van der Waals surface area contributed by atoms with Gasteiger partial charge in [-0.3, -0.25) is 9.88 Å². The summed E-state index contributed by atoms with van der Waals surface area (Å²) in [5.74, 6) is 0.498. The van der Waals surface area contributed by atoms with E-state index in [-0.39, 0.29) is 6.09 Å². The number of rotatable bonds is 7. The molecule has 0 bridgehead atoms. The molecule has 0 unspecified atom stereocenters. The van der Waals surface area contributed by atoms with Gasteiger partial charge >= 0.3 is 6.09 Å². The molecule has 0 fully saturated rings. The van der Waals surface area contributed by atoms with Crippen molar-refractivity contribution < 1.29 is 9.53 Å². The molecule has 0 saturated heterocycles. The summed E-state index contributed by atoms with van der Waals surface area (Å²) >= 11 is 0. The Hall–Kier alpha value is -2.40. The third kappa shape index (κ3) is 4.11. The second-order valence-electron chi connectivity index (χ2n) is 5.65. The van der Waals surface area contributed by atoms with Gasteiger partial charge in [0.05, 0.1) is 0 Å². The van der Waals surface area contributed by atoms with Crippen LogP contribution in [0.1, 0.15) is 19.4 Å². The van der Waals surface area contributed by atoms with E-state index in [9.17, 15) is 4.79 Å². The van der Waals surface area contributed by atoms with E-state index >= 15 is 0 Å². The summed E-state index contributed by atoms with van der Waals surface area (Å²) in [7, 11) is 2.04. The number of ether oxygens (including phenoxy) is 1. The second kappa shape index (κ2) is 8.45. The highest BCUT2D eigenvalue weighted by Crippen LogP contribution is 2.28. The molecule has 1 aromatic heterocycles. The first kappa shape index (κ1) is 17.9. The fourth-order valence-electron chi connectivity index (χ4n) is 2.64. The normalized spacial score (nSPS) is 10.8. The zero-order chi connectivity index (χ0) is 17.5. The summed E-state index contributed by atoms with van der Waals surface area (Å²) in [5, 5.41) is 0.998. The summed E-state index contributed by atoms with van der Waals surface area (Å²) in [6.45, 7) is 10.4. The van der Waals surface area contributed by atoms with Gasteiger partial charge in [0.25, 0.3) is 0 Å². The maximum Gasteiger partial charge on any atom is 0.415 e. The zero-order valence-electron chi connectivity index (χ0n) is 14.7. The number of hydrogen-bond donors (Lipinski definition) is 0. The molecule has 0 spiro atoms. The Morgan fingerprint density at radius 1 is 1.29 bits per heavy atom. The molecule has 2 aromatic rings. The van der Waals surface area contributed by atoms with Crippen LogP contribution in [-0.2, 0) is 6.54 Å². The standard InChI is InChI=1S/C19H25N3O2/c1-5-13-21(4)14-15-10-11-17(18-16(15)9-8-12-20-18)24-19(23)22(6-2)7-3/h5,8-12H,1,6-7,13-14H2,2-4H3. The fourth-order valence-corrected chi connectivity index (χ4v) is 2.64. The van der Waals surface area contributed by atoms with E-state index in [4.69, 9.17) is 4.74 Å². The smallest absolute Gasteiger partial charge is 0.408 e. The largest absolute Gasteiger partial charge is 0.415 e. The highest BCUT2D eigenvalue weighted by Gasteiger charge is 2.16. The Labute approximate surface area is 143 Å². The van der Waals surface area contributed by atoms with Crippen molar-refractivity contribution in [2.75, 3.05) is 26.7 Å². The summed E-state index contributed by atoms with van der Waals surface area (Å²) < 4.78 is 5.57. The number of nitrogens with zero attached hydrogens (tertiary/aromatic N) is 3. The molecule has 5 heteroatoms. The molecule has 1 amide bonds. The molecule has 0 atom stereocenters. The maximum absolute atomic E-state index is 12.2. The minimum atomic E-state index is -0.344. The highest BCUT2D eigenvalue weighted by atomic mass is 16.6. The molecular formula is C19H25N3O2. The van der Waals surface area contributed by atoms with Crippen molar-refractivity contribution in [2.24, 2.45) is 0 Å². The van der Waals surface area contributed by atoms with Crippen LogP contribution in [0.25, 0.3) is 10.9 Å². The van der Waals surface area contributed by atoms with Gasteiger partial charge in [0.15, 0.2) is 5.75 Å². The van der Waals surface area contributed by atoms with Gasteiger partial charge in [-0.25, -0.2) is 4.79 Å². The highest BCUT2D eigenvalue weighted by molar-refractivity contribution is 5.89. The van der Waals surface area contributed by atoms with E-state index in [1.807, 2.05) is 51.2 Å². The number of pyridine rings is 1. The van der Waals surface area contributed by atoms with Crippen molar-refractivity contribution in [3.05, 3.63) is 48.7 Å². The molecule has 0 aliphatic carbocycles. The number of carbonyl (C=O) groups excluding carboxylic acids is 1. The molecule has 1 aromatic carbocycles. The van der Waals surface area contributed by atoms with Crippen LogP contribution in [-0.4, -0.2) is 47.6 Å². The molecule has 5 nitrogen and oxygen atoms in total. The average Bonchev–Trinajstić information content (AvgIpc) is 2.58. The quantitative estimate of drug-likeness (QED) is 0.728. The number of hydrogen-bond acceptors (Lipinski definition) is 4. The van der Waals surface area contributed by atoms with Gasteiger partial charge in [0, 0.05) is 37.8 Å². The van der Waals surface area contributed by atoms with Crippen LogP contribution < -0.4 is 4.74 Å². The zero-order valence-corrected chi connectivity index (χ0v) is 14.7. The Morgan fingerprint density at radius 3 is 2.71 bits per heavy atom. The predicted octanol–water partition coefficient (Wildman–Crippen LogP) is 3.69. The molecule has 0 radical (unpaired) electrons. The number of aromatic nitrogens is 1. The third-order valence-corrected chi connectivity index (χ3v) is 3.92. The molecule has 0 saturated carbocycles. The van der Waals surface area contributed by atoms with Gasteiger partial charge in [0.1, 0.15) is 5.52 Å². The van der Waals surface area contributed by atoms with Crippen molar-refractivity contribution in [3.63, 3.8) is 0 Å². The minimum Gasteiger partial charge on any atom is -0.408 e. The van der Waals surface area contributed by atoms with Crippen molar-refractivity contribution in [1.29, 1.82) is 0 Å². The maximum atomic E-state index is 12.2. The summed E-state index contributed by atoms with van der Waals surface area (Å²) in [4.78, 5) is 20.5. The van der Waals surface area contributed by atoms with Gasteiger partial charge in [-0.15, -0.1) is 6.58 Å². The Morgan fingerprint density at radius 2 is 2.04 bits per heavy atom. The van der Waals surface area contributed by atoms with E-state index in [2.05, 4.69) is 16.5 Å². The average molecular weight is 327 g/mol. The molecule has 0 aliphatic rings. The van der Waals surface area contributed by atoms with Crippen LogP contribution in [0.3, 0.4) is 0 Å². The van der Waals surface area contributed by atoms with Crippen molar-refractivity contribution in [2.45, 2.75) is 20.4 Å². The van der Waals surface area contributed by atoms with Crippen molar-refractivity contribution in [3.8, 4) is 5.75 Å². The van der Waals surface area contributed by atoms with Crippen LogP contribution in [0.4, 0.5) is 4.79 Å². The Bertz CT molecular complexity index is 711. The summed E-state index contributed by atoms with van der Waals surface area (Å²) in [5.41, 5.74) is 1.85. The van der Waals surface area contributed by atoms with Crippen molar-refractivity contribution >= 4 is 17.0 Å². The number of benzene rings is 1. The van der Waals surface area contributed by atoms with E-state index in [1.165, 1.54) is 0 Å². The predicted molar refractivity (Wildman–Crippen MR) is 97.2 cm³/mol. The van der Waals surface area contributed by atoms with Crippen LogP contribution in [0, 0.1) is 0 Å². The molecule has 2 rings (SSSR count). The summed E-state index contributed by atoms with van der Waals surface area (Å²) in [6, 6.07) is 7.73. The number of amides is 1. The van der Waals surface area contributed by atoms with Gasteiger partial charge in [-0.05, 0) is 38.6 Å². The van der Waals surface area contributed by atoms with E-state index < -0.39 is 0 Å². The Kier molecular flexibility index (Phi) is 6.32. The fraction of sp³-hybridized carbons (Fsp3) is 0.368.